The van der Waals surface area contributed by atoms with Crippen LogP contribution in [-0.2, 0) is 16.6 Å². The van der Waals surface area contributed by atoms with E-state index in [0.717, 1.165) is 50.9 Å². The summed E-state index contributed by atoms with van der Waals surface area (Å²) in [4.78, 5) is 18.9. The van der Waals surface area contributed by atoms with Crippen LogP contribution in [0, 0.1) is 11.8 Å². The predicted molar refractivity (Wildman–Crippen MR) is 87.0 cm³/mol. The third-order valence-electron chi connectivity index (χ3n) is 5.06. The van der Waals surface area contributed by atoms with Crippen LogP contribution in [0.4, 0.5) is 0 Å². The van der Waals surface area contributed by atoms with Gasteiger partial charge in [0.15, 0.2) is 5.82 Å². The van der Waals surface area contributed by atoms with Crippen molar-refractivity contribution in [2.75, 3.05) is 26.2 Å². The van der Waals surface area contributed by atoms with Crippen LogP contribution in [0.15, 0.2) is 4.52 Å². The second-order valence-electron chi connectivity index (χ2n) is 7.90. The number of carbonyl (C=O) groups is 1. The van der Waals surface area contributed by atoms with Crippen LogP contribution in [-0.4, -0.2) is 47.1 Å². The summed E-state index contributed by atoms with van der Waals surface area (Å²) in [6, 6.07) is 0. The molecular weight excluding hydrogens is 292 g/mol. The van der Waals surface area contributed by atoms with E-state index in [9.17, 15) is 4.79 Å². The van der Waals surface area contributed by atoms with Crippen LogP contribution in [0.3, 0.4) is 0 Å². The monoisotopic (exact) mass is 320 g/mol. The largest absolute Gasteiger partial charge is 0.343 e. The van der Waals surface area contributed by atoms with Gasteiger partial charge in [-0.2, -0.15) is 4.98 Å². The lowest BCUT2D eigenvalue weighted by Crippen LogP contribution is -2.32. The van der Waals surface area contributed by atoms with Gasteiger partial charge in [0, 0.05) is 31.3 Å². The zero-order chi connectivity index (χ0) is 16.4. The zero-order valence-corrected chi connectivity index (χ0v) is 14.5. The summed E-state index contributed by atoms with van der Waals surface area (Å²) < 4.78 is 5.27. The molecule has 0 spiro atoms. The van der Waals surface area contributed by atoms with Gasteiger partial charge >= 0.3 is 0 Å². The van der Waals surface area contributed by atoms with Crippen molar-refractivity contribution in [3.63, 3.8) is 0 Å². The summed E-state index contributed by atoms with van der Waals surface area (Å²) in [6.45, 7) is 10.2. The third kappa shape index (κ3) is 3.91. The molecule has 128 valence electrons. The number of hydrogen-bond donors (Lipinski definition) is 1. The van der Waals surface area contributed by atoms with E-state index in [1.165, 1.54) is 0 Å². The fourth-order valence-electron chi connectivity index (χ4n) is 3.50. The quantitative estimate of drug-likeness (QED) is 0.919. The molecule has 3 rings (SSSR count). The molecule has 0 unspecified atom stereocenters. The minimum absolute atomic E-state index is 0.123. The molecule has 2 aliphatic heterocycles. The Balaban J connectivity index is 1.50. The number of nitrogens with zero attached hydrogens (tertiary/aromatic N) is 3. The van der Waals surface area contributed by atoms with E-state index >= 15 is 0 Å². The number of carbonyl (C=O) groups excluding carboxylic acids is 1. The highest BCUT2D eigenvalue weighted by atomic mass is 16.5. The molecule has 23 heavy (non-hydrogen) atoms. The molecule has 2 aliphatic rings. The normalized spacial score (nSPS) is 25.3. The van der Waals surface area contributed by atoms with Crippen molar-refractivity contribution in [2.24, 2.45) is 11.8 Å². The molecule has 2 atom stereocenters. The molecule has 1 aromatic rings. The van der Waals surface area contributed by atoms with Crippen LogP contribution in [0.25, 0.3) is 0 Å². The van der Waals surface area contributed by atoms with Crippen molar-refractivity contribution in [2.45, 2.75) is 51.9 Å². The Kier molecular flexibility index (Phi) is 4.71. The van der Waals surface area contributed by atoms with Crippen molar-refractivity contribution < 1.29 is 9.32 Å². The predicted octanol–water partition coefficient (Wildman–Crippen LogP) is 1.76. The van der Waals surface area contributed by atoms with Crippen LogP contribution in [0.2, 0.25) is 0 Å². The van der Waals surface area contributed by atoms with Crippen LogP contribution in [0.5, 0.6) is 0 Å². The Morgan fingerprint density at radius 2 is 1.91 bits per heavy atom. The Labute approximate surface area is 138 Å². The highest BCUT2D eigenvalue weighted by Crippen LogP contribution is 2.27. The van der Waals surface area contributed by atoms with Gasteiger partial charge in [0.2, 0.25) is 11.8 Å². The molecule has 1 N–H and O–H groups in total. The SMILES string of the molecule is CC(C)(C)c1noc(CCC(=O)N2CC[C@@H]3CNC[C@@H]3CC2)n1. The van der Waals surface area contributed by atoms with Gasteiger partial charge in [0.1, 0.15) is 0 Å². The molecule has 6 nitrogen and oxygen atoms in total. The lowest BCUT2D eigenvalue weighted by atomic mass is 9.92. The van der Waals surface area contributed by atoms with Crippen molar-refractivity contribution in [1.29, 1.82) is 0 Å². The minimum atomic E-state index is -0.123. The maximum absolute atomic E-state index is 12.5. The summed E-state index contributed by atoms with van der Waals surface area (Å²) in [6.07, 6.45) is 3.24. The summed E-state index contributed by atoms with van der Waals surface area (Å²) >= 11 is 0. The Bertz CT molecular complexity index is 535. The summed E-state index contributed by atoms with van der Waals surface area (Å²) in [5.41, 5.74) is -0.123. The van der Waals surface area contributed by atoms with E-state index < -0.39 is 0 Å². The highest BCUT2D eigenvalue weighted by molar-refractivity contribution is 5.76. The summed E-state index contributed by atoms with van der Waals surface area (Å²) in [7, 11) is 0. The third-order valence-corrected chi connectivity index (χ3v) is 5.06. The van der Waals surface area contributed by atoms with Gasteiger partial charge in [-0.15, -0.1) is 0 Å². The van der Waals surface area contributed by atoms with Crippen molar-refractivity contribution in [3.8, 4) is 0 Å². The second kappa shape index (κ2) is 6.59. The number of likely N-dealkylation sites (tertiary alicyclic amines) is 1. The number of fused-ring (bicyclic) bond motifs is 1. The minimum Gasteiger partial charge on any atom is -0.343 e. The average Bonchev–Trinajstić information content (AvgIpc) is 3.10. The van der Waals surface area contributed by atoms with Crippen LogP contribution < -0.4 is 5.32 Å². The molecule has 6 heteroatoms. The van der Waals surface area contributed by atoms with E-state index in [0.29, 0.717) is 24.6 Å². The molecule has 2 fully saturated rings. The first-order chi connectivity index (χ1) is 10.9. The van der Waals surface area contributed by atoms with Gasteiger partial charge in [0.25, 0.3) is 0 Å². The standard InChI is InChI=1S/C17H28N4O2/c1-17(2,3)16-19-14(23-20-16)4-5-15(22)21-8-6-12-10-18-11-13(12)7-9-21/h12-13,18H,4-11H2,1-3H3/t12-,13+. The maximum atomic E-state index is 12.5. The van der Waals surface area contributed by atoms with E-state index in [4.69, 9.17) is 4.52 Å². The second-order valence-corrected chi connectivity index (χ2v) is 7.90. The smallest absolute Gasteiger partial charge is 0.227 e. The first-order valence-electron chi connectivity index (χ1n) is 8.75. The molecule has 0 saturated carbocycles. The molecule has 1 amide bonds. The van der Waals surface area contributed by atoms with Crippen molar-refractivity contribution in [3.05, 3.63) is 11.7 Å². The lowest BCUT2D eigenvalue weighted by molar-refractivity contribution is -0.131. The molecule has 1 aromatic heterocycles. The van der Waals surface area contributed by atoms with E-state index in [1.54, 1.807) is 0 Å². The molecule has 3 heterocycles. The Morgan fingerprint density at radius 3 is 2.48 bits per heavy atom. The number of rotatable bonds is 3. The number of aromatic nitrogens is 2. The molecule has 0 aliphatic carbocycles. The summed E-state index contributed by atoms with van der Waals surface area (Å²) in [5, 5.41) is 7.48. The van der Waals surface area contributed by atoms with Crippen molar-refractivity contribution in [1.82, 2.24) is 20.4 Å². The number of nitrogens with one attached hydrogen (secondary N) is 1. The van der Waals surface area contributed by atoms with Gasteiger partial charge in [-0.25, -0.2) is 0 Å². The van der Waals surface area contributed by atoms with Gasteiger partial charge in [-0.3, -0.25) is 4.79 Å². The first-order valence-corrected chi connectivity index (χ1v) is 8.75. The zero-order valence-electron chi connectivity index (χ0n) is 14.5. The van der Waals surface area contributed by atoms with E-state index in [-0.39, 0.29) is 11.3 Å². The number of amides is 1. The maximum Gasteiger partial charge on any atom is 0.227 e. The molecule has 0 radical (unpaired) electrons. The Morgan fingerprint density at radius 1 is 1.26 bits per heavy atom. The van der Waals surface area contributed by atoms with Crippen LogP contribution >= 0.6 is 0 Å². The molecular formula is C17H28N4O2. The highest BCUT2D eigenvalue weighted by Gasteiger charge is 2.31. The summed E-state index contributed by atoms with van der Waals surface area (Å²) in [5.74, 6) is 2.99. The molecule has 0 bridgehead atoms. The fourth-order valence-corrected chi connectivity index (χ4v) is 3.50. The molecule has 2 saturated heterocycles. The first kappa shape index (κ1) is 16.4. The number of hydrogen-bond acceptors (Lipinski definition) is 5. The van der Waals surface area contributed by atoms with Gasteiger partial charge in [0.05, 0.1) is 0 Å². The van der Waals surface area contributed by atoms with Gasteiger partial charge < -0.3 is 14.7 Å². The Hall–Kier alpha value is -1.43. The van der Waals surface area contributed by atoms with Gasteiger partial charge in [-0.05, 0) is 37.8 Å². The average molecular weight is 320 g/mol. The van der Waals surface area contributed by atoms with Crippen molar-refractivity contribution >= 4 is 5.91 Å². The van der Waals surface area contributed by atoms with E-state index in [2.05, 4.69) is 36.2 Å². The van der Waals surface area contributed by atoms with Gasteiger partial charge in [-0.1, -0.05) is 25.9 Å². The lowest BCUT2D eigenvalue weighted by Gasteiger charge is -2.20. The number of aryl methyl sites for hydroxylation is 1. The topological polar surface area (TPSA) is 71.3 Å². The molecule has 0 aromatic carbocycles. The fraction of sp³-hybridized carbons (Fsp3) is 0.824. The van der Waals surface area contributed by atoms with E-state index in [1.807, 2.05) is 4.90 Å². The van der Waals surface area contributed by atoms with Crippen LogP contribution in [0.1, 0.15) is 51.7 Å².